The van der Waals surface area contributed by atoms with Gasteiger partial charge in [0.05, 0.1) is 11.5 Å². The summed E-state index contributed by atoms with van der Waals surface area (Å²) in [5.74, 6) is 0. The van der Waals surface area contributed by atoms with Crippen molar-refractivity contribution in [3.05, 3.63) is 33.8 Å². The van der Waals surface area contributed by atoms with Crippen molar-refractivity contribution in [2.24, 2.45) is 5.41 Å². The molecule has 0 unspecified atom stereocenters. The summed E-state index contributed by atoms with van der Waals surface area (Å²) in [6.45, 7) is 4.08. The van der Waals surface area contributed by atoms with Crippen LogP contribution < -0.4 is 0 Å². The SMILES string of the molecule is Cc1ccc(Br)cc1CCN(C)CC1(C#N)CC1. The van der Waals surface area contributed by atoms with E-state index in [1.54, 1.807) is 0 Å². The van der Waals surface area contributed by atoms with Gasteiger partial charge in [-0.15, -0.1) is 0 Å². The van der Waals surface area contributed by atoms with Crippen LogP contribution in [0.4, 0.5) is 0 Å². The molecule has 1 saturated carbocycles. The minimum atomic E-state index is -0.0267. The van der Waals surface area contributed by atoms with Crippen LogP contribution in [0, 0.1) is 23.7 Å². The van der Waals surface area contributed by atoms with E-state index in [4.69, 9.17) is 5.26 Å². The predicted molar refractivity (Wildman–Crippen MR) is 77.4 cm³/mol. The molecule has 1 aliphatic carbocycles. The average Bonchev–Trinajstić information content (AvgIpc) is 3.11. The van der Waals surface area contributed by atoms with E-state index >= 15 is 0 Å². The number of rotatable bonds is 5. The lowest BCUT2D eigenvalue weighted by Gasteiger charge is -2.19. The van der Waals surface area contributed by atoms with Gasteiger partial charge in [0.2, 0.25) is 0 Å². The molecule has 0 radical (unpaired) electrons. The Morgan fingerprint density at radius 3 is 2.78 bits per heavy atom. The summed E-state index contributed by atoms with van der Waals surface area (Å²) < 4.78 is 1.14. The molecule has 2 rings (SSSR count). The van der Waals surface area contributed by atoms with Crippen LogP contribution in [0.3, 0.4) is 0 Å². The number of benzene rings is 1. The second-order valence-electron chi connectivity index (χ2n) is 5.45. The Hall–Kier alpha value is -0.850. The van der Waals surface area contributed by atoms with Gasteiger partial charge in [0.25, 0.3) is 0 Å². The molecule has 3 heteroatoms. The van der Waals surface area contributed by atoms with Crippen molar-refractivity contribution in [3.8, 4) is 6.07 Å². The van der Waals surface area contributed by atoms with E-state index in [0.29, 0.717) is 0 Å². The third-order valence-electron chi connectivity index (χ3n) is 3.74. The zero-order chi connectivity index (χ0) is 13.2. The number of nitrogens with zero attached hydrogens (tertiary/aromatic N) is 2. The van der Waals surface area contributed by atoms with Crippen molar-refractivity contribution in [2.45, 2.75) is 26.2 Å². The minimum Gasteiger partial charge on any atom is -0.304 e. The highest BCUT2D eigenvalue weighted by Gasteiger charge is 2.43. The first kappa shape index (κ1) is 13.6. The molecule has 0 spiro atoms. The number of nitriles is 1. The van der Waals surface area contributed by atoms with E-state index in [9.17, 15) is 0 Å². The fraction of sp³-hybridized carbons (Fsp3) is 0.533. The summed E-state index contributed by atoms with van der Waals surface area (Å²) in [5, 5.41) is 9.09. The number of halogens is 1. The fourth-order valence-corrected chi connectivity index (χ4v) is 2.68. The summed E-state index contributed by atoms with van der Waals surface area (Å²) in [7, 11) is 2.12. The Labute approximate surface area is 118 Å². The van der Waals surface area contributed by atoms with Crippen molar-refractivity contribution >= 4 is 15.9 Å². The lowest BCUT2D eigenvalue weighted by molar-refractivity contribution is 0.297. The van der Waals surface area contributed by atoms with E-state index in [1.165, 1.54) is 11.1 Å². The number of hydrogen-bond acceptors (Lipinski definition) is 2. The maximum Gasteiger partial charge on any atom is 0.0703 e. The van der Waals surface area contributed by atoms with Crippen LogP contribution >= 0.6 is 15.9 Å². The Morgan fingerprint density at radius 2 is 2.17 bits per heavy atom. The van der Waals surface area contributed by atoms with Crippen LogP contribution in [0.1, 0.15) is 24.0 Å². The average molecular weight is 307 g/mol. The van der Waals surface area contributed by atoms with Crippen LogP contribution in [0.25, 0.3) is 0 Å². The fourth-order valence-electron chi connectivity index (χ4n) is 2.27. The quantitative estimate of drug-likeness (QED) is 0.832. The molecule has 1 aliphatic rings. The van der Waals surface area contributed by atoms with E-state index in [1.807, 2.05) is 0 Å². The highest BCUT2D eigenvalue weighted by molar-refractivity contribution is 9.10. The zero-order valence-electron chi connectivity index (χ0n) is 11.0. The van der Waals surface area contributed by atoms with Crippen LogP contribution in [0.5, 0.6) is 0 Å². The molecule has 96 valence electrons. The first-order valence-corrected chi connectivity index (χ1v) is 7.19. The maximum absolute atomic E-state index is 9.09. The van der Waals surface area contributed by atoms with Gasteiger partial charge in [-0.25, -0.2) is 0 Å². The Balaban J connectivity index is 1.87. The smallest absolute Gasteiger partial charge is 0.0703 e. The number of aryl methyl sites for hydroxylation is 1. The van der Waals surface area contributed by atoms with E-state index in [2.05, 4.69) is 59.1 Å². The molecule has 0 aliphatic heterocycles. The molecular formula is C15H19BrN2. The lowest BCUT2D eigenvalue weighted by atomic mass is 10.0. The molecule has 1 fully saturated rings. The highest BCUT2D eigenvalue weighted by Crippen LogP contribution is 2.45. The molecule has 0 heterocycles. The van der Waals surface area contributed by atoms with Gasteiger partial charge >= 0.3 is 0 Å². The maximum atomic E-state index is 9.09. The summed E-state index contributed by atoms with van der Waals surface area (Å²) >= 11 is 3.52. The molecule has 0 bridgehead atoms. The summed E-state index contributed by atoms with van der Waals surface area (Å²) in [6.07, 6.45) is 3.19. The zero-order valence-corrected chi connectivity index (χ0v) is 12.6. The molecule has 2 nitrogen and oxygen atoms in total. The Morgan fingerprint density at radius 1 is 1.44 bits per heavy atom. The number of likely N-dealkylation sites (N-methyl/N-ethyl adjacent to an activating group) is 1. The first-order chi connectivity index (χ1) is 8.54. The van der Waals surface area contributed by atoms with E-state index in [-0.39, 0.29) is 5.41 Å². The Bertz CT molecular complexity index is 472. The molecule has 0 N–H and O–H groups in total. The first-order valence-electron chi connectivity index (χ1n) is 6.39. The summed E-state index contributed by atoms with van der Waals surface area (Å²) in [4.78, 5) is 2.29. The third-order valence-corrected chi connectivity index (χ3v) is 4.23. The van der Waals surface area contributed by atoms with Gasteiger partial charge in [-0.2, -0.15) is 5.26 Å². The van der Waals surface area contributed by atoms with E-state index < -0.39 is 0 Å². The number of hydrogen-bond donors (Lipinski definition) is 0. The molecule has 0 atom stereocenters. The topological polar surface area (TPSA) is 27.0 Å². The van der Waals surface area contributed by atoms with Crippen molar-refractivity contribution in [2.75, 3.05) is 20.1 Å². The molecular weight excluding hydrogens is 288 g/mol. The van der Waals surface area contributed by atoms with Crippen LogP contribution in [-0.2, 0) is 6.42 Å². The van der Waals surface area contributed by atoms with Gasteiger partial charge in [-0.05, 0) is 56.5 Å². The molecule has 0 aromatic heterocycles. The van der Waals surface area contributed by atoms with Crippen molar-refractivity contribution in [1.82, 2.24) is 4.90 Å². The monoisotopic (exact) mass is 306 g/mol. The second kappa shape index (κ2) is 5.42. The molecule has 0 amide bonds. The largest absolute Gasteiger partial charge is 0.304 e. The van der Waals surface area contributed by atoms with Gasteiger partial charge < -0.3 is 4.90 Å². The van der Waals surface area contributed by atoms with Crippen LogP contribution in [0.2, 0.25) is 0 Å². The standard InChI is InChI=1S/C15H19BrN2/c1-12-3-4-14(16)9-13(12)5-8-18(2)11-15(10-17)6-7-15/h3-4,9H,5-8,11H2,1-2H3. The second-order valence-corrected chi connectivity index (χ2v) is 6.37. The molecule has 18 heavy (non-hydrogen) atoms. The minimum absolute atomic E-state index is 0.0267. The summed E-state index contributed by atoms with van der Waals surface area (Å²) in [5.41, 5.74) is 2.70. The van der Waals surface area contributed by atoms with Gasteiger partial charge in [-0.3, -0.25) is 0 Å². The lowest BCUT2D eigenvalue weighted by Crippen LogP contribution is -2.28. The molecule has 1 aromatic carbocycles. The highest BCUT2D eigenvalue weighted by atomic mass is 79.9. The van der Waals surface area contributed by atoms with Crippen molar-refractivity contribution in [1.29, 1.82) is 5.26 Å². The molecule has 1 aromatic rings. The van der Waals surface area contributed by atoms with Crippen molar-refractivity contribution < 1.29 is 0 Å². The Kier molecular flexibility index (Phi) is 4.09. The van der Waals surface area contributed by atoms with E-state index in [0.717, 1.165) is 36.8 Å². The molecule has 0 saturated heterocycles. The predicted octanol–water partition coefficient (Wildman–Crippen LogP) is 3.54. The van der Waals surface area contributed by atoms with Gasteiger partial charge in [0, 0.05) is 17.6 Å². The van der Waals surface area contributed by atoms with Gasteiger partial charge in [-0.1, -0.05) is 22.0 Å². The third kappa shape index (κ3) is 3.34. The van der Waals surface area contributed by atoms with Gasteiger partial charge in [0.15, 0.2) is 0 Å². The van der Waals surface area contributed by atoms with Crippen molar-refractivity contribution in [3.63, 3.8) is 0 Å². The van der Waals surface area contributed by atoms with Crippen LogP contribution in [0.15, 0.2) is 22.7 Å². The summed E-state index contributed by atoms with van der Waals surface area (Å²) in [6, 6.07) is 8.88. The van der Waals surface area contributed by atoms with Gasteiger partial charge in [0.1, 0.15) is 0 Å². The normalized spacial score (nSPS) is 16.6. The van der Waals surface area contributed by atoms with Crippen LogP contribution in [-0.4, -0.2) is 25.0 Å².